The first-order valence-corrected chi connectivity index (χ1v) is 10.0. The molecule has 0 bridgehead atoms. The second-order valence-corrected chi connectivity index (χ2v) is 7.19. The average molecular weight is 418 g/mol. The van der Waals surface area contributed by atoms with Crippen LogP contribution in [0, 0.1) is 11.3 Å². The van der Waals surface area contributed by atoms with E-state index in [0.717, 1.165) is 39.1 Å². The summed E-state index contributed by atoms with van der Waals surface area (Å²) < 4.78 is 5.89. The monoisotopic (exact) mass is 418 g/mol. The Balaban J connectivity index is 1.53. The fraction of sp³-hybridized carbons (Fsp3) is 0.0400. The molecule has 2 aromatic carbocycles. The van der Waals surface area contributed by atoms with Gasteiger partial charge in [-0.1, -0.05) is 30.3 Å². The molecule has 0 saturated heterocycles. The Morgan fingerprint density at radius 2 is 1.72 bits per heavy atom. The highest BCUT2D eigenvalue weighted by molar-refractivity contribution is 6.06. The maximum atomic E-state index is 8.97. The number of benzene rings is 2. The largest absolute Gasteiger partial charge is 0.457 e. The molecule has 5 aromatic rings. The Kier molecular flexibility index (Phi) is 4.94. The molecule has 0 amide bonds. The molecular weight excluding hydrogens is 400 g/mol. The van der Waals surface area contributed by atoms with Crippen LogP contribution < -0.4 is 10.5 Å². The lowest BCUT2D eigenvalue weighted by molar-refractivity contribution is 0.483. The van der Waals surface area contributed by atoms with E-state index in [9.17, 15) is 0 Å². The highest BCUT2D eigenvalue weighted by Gasteiger charge is 2.16. The van der Waals surface area contributed by atoms with Crippen molar-refractivity contribution < 1.29 is 4.74 Å². The zero-order valence-electron chi connectivity index (χ0n) is 17.0. The van der Waals surface area contributed by atoms with Gasteiger partial charge in [0.15, 0.2) is 5.82 Å². The summed E-state index contributed by atoms with van der Waals surface area (Å²) in [5.74, 6) is 1.91. The van der Waals surface area contributed by atoms with Gasteiger partial charge in [0.25, 0.3) is 0 Å². The van der Waals surface area contributed by atoms with Crippen molar-refractivity contribution in [1.29, 1.82) is 5.26 Å². The number of H-pyrrole nitrogens is 1. The summed E-state index contributed by atoms with van der Waals surface area (Å²) in [7, 11) is 0. The van der Waals surface area contributed by atoms with Crippen molar-refractivity contribution in [2.24, 2.45) is 0 Å². The molecule has 0 aliphatic heterocycles. The summed E-state index contributed by atoms with van der Waals surface area (Å²) >= 11 is 0. The lowest BCUT2D eigenvalue weighted by Crippen LogP contribution is -1.93. The van der Waals surface area contributed by atoms with Crippen LogP contribution in [0.2, 0.25) is 0 Å². The first-order valence-electron chi connectivity index (χ1n) is 10.0. The molecule has 32 heavy (non-hydrogen) atoms. The number of pyridine rings is 2. The third-order valence-electron chi connectivity index (χ3n) is 5.12. The van der Waals surface area contributed by atoms with Crippen LogP contribution in [0.25, 0.3) is 33.3 Å². The van der Waals surface area contributed by atoms with Gasteiger partial charge in [-0.05, 0) is 42.0 Å². The minimum absolute atomic E-state index is 0.234. The molecule has 0 atom stereocenters. The van der Waals surface area contributed by atoms with E-state index in [4.69, 9.17) is 15.7 Å². The van der Waals surface area contributed by atoms with Crippen molar-refractivity contribution in [3.8, 4) is 40.0 Å². The number of anilines is 1. The van der Waals surface area contributed by atoms with Gasteiger partial charge in [0.1, 0.15) is 11.5 Å². The normalized spacial score (nSPS) is 10.7. The number of nitrogen functional groups attached to an aromatic ring is 1. The lowest BCUT2D eigenvalue weighted by Gasteiger charge is -2.10. The van der Waals surface area contributed by atoms with Crippen LogP contribution in [0.4, 0.5) is 5.82 Å². The van der Waals surface area contributed by atoms with Gasteiger partial charge in [0.2, 0.25) is 0 Å². The summed E-state index contributed by atoms with van der Waals surface area (Å²) in [5, 5.41) is 17.0. The minimum atomic E-state index is 0.234. The van der Waals surface area contributed by atoms with Crippen molar-refractivity contribution >= 4 is 16.7 Å². The van der Waals surface area contributed by atoms with E-state index in [1.165, 1.54) is 0 Å². The van der Waals surface area contributed by atoms with Crippen LogP contribution in [-0.4, -0.2) is 20.2 Å². The number of hydrogen-bond acceptors (Lipinski definition) is 6. The summed E-state index contributed by atoms with van der Waals surface area (Å²) in [4.78, 5) is 8.92. The van der Waals surface area contributed by atoms with E-state index in [-0.39, 0.29) is 6.42 Å². The van der Waals surface area contributed by atoms with E-state index in [0.29, 0.717) is 17.2 Å². The number of nitrogens with two attached hydrogens (primary N) is 1. The standard InChI is InChI=1S/C25H18N6O/c26-12-10-18-14-17(11-13-28-18)23-24-22(25(27)31-30-24)21(15-29-23)16-6-8-20(9-7-16)32-19-4-2-1-3-5-19/h1-9,11,13-15H,10H2,(H3,27,30,31). The van der Waals surface area contributed by atoms with Crippen LogP contribution in [0.3, 0.4) is 0 Å². The molecule has 0 aliphatic carbocycles. The molecule has 0 spiro atoms. The molecule has 7 heteroatoms. The smallest absolute Gasteiger partial charge is 0.153 e. The molecule has 5 rings (SSSR count). The molecule has 3 N–H and O–H groups in total. The van der Waals surface area contributed by atoms with Gasteiger partial charge in [-0.3, -0.25) is 15.1 Å². The van der Waals surface area contributed by atoms with Gasteiger partial charge in [0.05, 0.1) is 34.8 Å². The molecule has 0 saturated carbocycles. The molecule has 154 valence electrons. The van der Waals surface area contributed by atoms with E-state index in [1.807, 2.05) is 66.7 Å². The molecule has 3 aromatic heterocycles. The molecule has 3 heterocycles. The van der Waals surface area contributed by atoms with E-state index < -0.39 is 0 Å². The number of fused-ring (bicyclic) bond motifs is 1. The Bertz CT molecular complexity index is 1440. The highest BCUT2D eigenvalue weighted by Crippen LogP contribution is 2.36. The van der Waals surface area contributed by atoms with Crippen LogP contribution in [0.5, 0.6) is 11.5 Å². The summed E-state index contributed by atoms with van der Waals surface area (Å²) in [6.07, 6.45) is 3.70. The second kappa shape index (κ2) is 8.20. The summed E-state index contributed by atoms with van der Waals surface area (Å²) in [5.41, 5.74) is 11.0. The Morgan fingerprint density at radius 1 is 0.938 bits per heavy atom. The van der Waals surface area contributed by atoms with Crippen molar-refractivity contribution in [1.82, 2.24) is 20.2 Å². The third-order valence-corrected chi connectivity index (χ3v) is 5.12. The number of nitriles is 1. The highest BCUT2D eigenvalue weighted by atomic mass is 16.5. The first kappa shape index (κ1) is 19.3. The maximum Gasteiger partial charge on any atom is 0.153 e. The zero-order chi connectivity index (χ0) is 21.9. The molecule has 7 nitrogen and oxygen atoms in total. The topological polar surface area (TPSA) is 113 Å². The number of nitrogens with one attached hydrogen (secondary N) is 1. The number of nitrogens with zero attached hydrogens (tertiary/aromatic N) is 4. The van der Waals surface area contributed by atoms with Gasteiger partial charge in [-0.15, -0.1) is 0 Å². The molecular formula is C25H18N6O. The fourth-order valence-corrected chi connectivity index (χ4v) is 3.63. The van der Waals surface area contributed by atoms with E-state index in [2.05, 4.69) is 26.2 Å². The fourth-order valence-electron chi connectivity index (χ4n) is 3.63. The van der Waals surface area contributed by atoms with E-state index in [1.54, 1.807) is 12.4 Å². The maximum absolute atomic E-state index is 8.97. The average Bonchev–Trinajstić information content (AvgIpc) is 3.22. The second-order valence-electron chi connectivity index (χ2n) is 7.19. The number of hydrogen-bond donors (Lipinski definition) is 2. The number of aromatic nitrogens is 4. The van der Waals surface area contributed by atoms with Crippen LogP contribution >= 0.6 is 0 Å². The van der Waals surface area contributed by atoms with Crippen LogP contribution in [0.1, 0.15) is 5.69 Å². The Morgan fingerprint density at radius 3 is 2.50 bits per heavy atom. The zero-order valence-corrected chi connectivity index (χ0v) is 17.0. The predicted molar refractivity (Wildman–Crippen MR) is 123 cm³/mol. The molecule has 0 radical (unpaired) electrons. The van der Waals surface area contributed by atoms with Crippen molar-refractivity contribution in [2.45, 2.75) is 6.42 Å². The van der Waals surface area contributed by atoms with Gasteiger partial charge in [-0.2, -0.15) is 10.4 Å². The third kappa shape index (κ3) is 3.61. The van der Waals surface area contributed by atoms with Gasteiger partial charge < -0.3 is 10.5 Å². The summed E-state index contributed by atoms with van der Waals surface area (Å²) in [6.45, 7) is 0. The SMILES string of the molecule is N#CCc1cc(-c2ncc(-c3ccc(Oc4ccccc4)cc3)c3c(N)n[nH]c23)ccn1. The van der Waals surface area contributed by atoms with Gasteiger partial charge in [-0.25, -0.2) is 0 Å². The van der Waals surface area contributed by atoms with Crippen molar-refractivity contribution in [3.05, 3.63) is 84.8 Å². The molecule has 0 fully saturated rings. The number of rotatable bonds is 5. The number of para-hydroxylation sites is 1. The molecule has 0 aliphatic rings. The van der Waals surface area contributed by atoms with E-state index >= 15 is 0 Å². The Labute approximate surface area is 184 Å². The minimum Gasteiger partial charge on any atom is -0.457 e. The summed E-state index contributed by atoms with van der Waals surface area (Å²) in [6, 6.07) is 23.2. The van der Waals surface area contributed by atoms with Gasteiger partial charge in [0, 0.05) is 23.5 Å². The van der Waals surface area contributed by atoms with Crippen LogP contribution in [-0.2, 0) is 6.42 Å². The number of aromatic amines is 1. The molecule has 0 unspecified atom stereocenters. The first-order chi connectivity index (χ1) is 15.7. The van der Waals surface area contributed by atoms with Crippen LogP contribution in [0.15, 0.2) is 79.1 Å². The predicted octanol–water partition coefficient (Wildman–Crippen LogP) is 5.13. The van der Waals surface area contributed by atoms with Gasteiger partial charge >= 0.3 is 0 Å². The number of ether oxygens (including phenoxy) is 1. The Hall–Kier alpha value is -4.70. The van der Waals surface area contributed by atoms with Crippen molar-refractivity contribution in [2.75, 3.05) is 5.73 Å². The van der Waals surface area contributed by atoms with Crippen molar-refractivity contribution in [3.63, 3.8) is 0 Å². The lowest BCUT2D eigenvalue weighted by atomic mass is 10.0. The quantitative estimate of drug-likeness (QED) is 0.409.